The zero-order chi connectivity index (χ0) is 9.72. The highest BCUT2D eigenvalue weighted by Crippen LogP contribution is 1.96. The minimum atomic E-state index is 0.485. The first-order valence-corrected chi connectivity index (χ1v) is 4.20. The minimum Gasteiger partial charge on any atom is -0.361 e. The van der Waals surface area contributed by atoms with E-state index in [4.69, 9.17) is 0 Å². The van der Waals surface area contributed by atoms with Crippen molar-refractivity contribution in [2.75, 3.05) is 14.1 Å². The lowest BCUT2D eigenvalue weighted by Gasteiger charge is -2.22. The zero-order valence-electron chi connectivity index (χ0n) is 8.92. The van der Waals surface area contributed by atoms with Gasteiger partial charge in [0.25, 0.3) is 0 Å². The van der Waals surface area contributed by atoms with Crippen LogP contribution in [-0.4, -0.2) is 36.7 Å². The first kappa shape index (κ1) is 11.1. The van der Waals surface area contributed by atoms with E-state index in [1.807, 2.05) is 20.9 Å². The second-order valence-corrected chi connectivity index (χ2v) is 3.13. The van der Waals surface area contributed by atoms with E-state index in [0.717, 1.165) is 11.7 Å². The number of hydrogen-bond acceptors (Lipinski definition) is 1. The first-order valence-electron chi connectivity index (χ1n) is 4.20. The van der Waals surface area contributed by atoms with Crippen LogP contribution in [0, 0.1) is 0 Å². The molecule has 0 aromatic heterocycles. The average molecular weight is 169 g/mol. The second kappa shape index (κ2) is 4.91. The molecule has 0 aliphatic carbocycles. The van der Waals surface area contributed by atoms with Gasteiger partial charge in [0.15, 0.2) is 0 Å². The topological polar surface area (TPSA) is 28.0 Å². The van der Waals surface area contributed by atoms with Gasteiger partial charge in [-0.2, -0.15) is 0 Å². The summed E-state index contributed by atoms with van der Waals surface area (Å²) in [4.78, 5) is 10.4. The molecule has 0 atom stereocenters. The Morgan fingerprint density at radius 1 is 1.25 bits per heavy atom. The van der Waals surface area contributed by atoms with Gasteiger partial charge >= 0.3 is 0 Å². The molecule has 12 heavy (non-hydrogen) atoms. The fourth-order valence-corrected chi connectivity index (χ4v) is 0.737. The monoisotopic (exact) mass is 169 g/mol. The molecule has 0 aliphatic rings. The highest BCUT2D eigenvalue weighted by molar-refractivity contribution is 5.94. The van der Waals surface area contributed by atoms with Gasteiger partial charge < -0.3 is 4.90 Å². The maximum atomic E-state index is 4.31. The molecule has 3 heteroatoms. The van der Waals surface area contributed by atoms with Crippen molar-refractivity contribution in [2.24, 2.45) is 9.98 Å². The molecular weight excluding hydrogens is 150 g/mol. The molecule has 0 unspecified atom stereocenters. The van der Waals surface area contributed by atoms with Crippen molar-refractivity contribution in [3.8, 4) is 0 Å². The van der Waals surface area contributed by atoms with Crippen molar-refractivity contribution in [1.82, 2.24) is 4.90 Å². The first-order chi connectivity index (χ1) is 5.49. The van der Waals surface area contributed by atoms with Crippen LogP contribution in [0.25, 0.3) is 0 Å². The fourth-order valence-electron chi connectivity index (χ4n) is 0.737. The predicted molar refractivity (Wildman–Crippen MR) is 55.0 cm³/mol. The van der Waals surface area contributed by atoms with Crippen LogP contribution in [-0.2, 0) is 0 Å². The largest absolute Gasteiger partial charge is 0.361 e. The number of rotatable bonds is 1. The van der Waals surface area contributed by atoms with Crippen molar-refractivity contribution in [1.29, 1.82) is 0 Å². The van der Waals surface area contributed by atoms with Crippen molar-refractivity contribution in [3.63, 3.8) is 0 Å². The summed E-state index contributed by atoms with van der Waals surface area (Å²) in [6.07, 6.45) is 0. The van der Waals surface area contributed by atoms with Crippen LogP contribution in [0.1, 0.15) is 27.7 Å². The van der Waals surface area contributed by atoms with Crippen LogP contribution in [0.4, 0.5) is 0 Å². The van der Waals surface area contributed by atoms with Crippen LogP contribution in [0.5, 0.6) is 0 Å². The quantitative estimate of drug-likeness (QED) is 0.434. The van der Waals surface area contributed by atoms with Gasteiger partial charge in [-0.25, -0.2) is 4.99 Å². The molecule has 0 aromatic rings. The number of aliphatic imine (C=N–C) groups is 2. The van der Waals surface area contributed by atoms with Gasteiger partial charge in [0.05, 0.1) is 0 Å². The van der Waals surface area contributed by atoms with E-state index in [1.54, 1.807) is 7.05 Å². The molecule has 0 rings (SSSR count). The molecule has 0 N–H and O–H groups in total. The molecule has 0 aromatic carbocycles. The molecule has 70 valence electrons. The molecule has 0 bridgehead atoms. The third kappa shape index (κ3) is 3.51. The van der Waals surface area contributed by atoms with E-state index in [-0.39, 0.29) is 0 Å². The highest BCUT2D eigenvalue weighted by atomic mass is 15.2. The lowest BCUT2D eigenvalue weighted by molar-refractivity contribution is 0.415. The van der Waals surface area contributed by atoms with Gasteiger partial charge in [-0.15, -0.1) is 0 Å². The highest BCUT2D eigenvalue weighted by Gasteiger charge is 2.03. The van der Waals surface area contributed by atoms with Crippen LogP contribution >= 0.6 is 0 Å². The van der Waals surface area contributed by atoms with E-state index in [0.29, 0.717) is 6.04 Å². The Labute approximate surface area is 75.2 Å². The summed E-state index contributed by atoms with van der Waals surface area (Å²) < 4.78 is 0. The molecule has 0 amide bonds. The van der Waals surface area contributed by atoms with Crippen LogP contribution in [0.2, 0.25) is 0 Å². The number of nitrogens with zero attached hydrogens (tertiary/aromatic N) is 3. The number of hydrogen-bond donors (Lipinski definition) is 0. The van der Waals surface area contributed by atoms with Gasteiger partial charge in [-0.1, -0.05) is 0 Å². The second-order valence-electron chi connectivity index (χ2n) is 3.13. The van der Waals surface area contributed by atoms with Crippen molar-refractivity contribution >= 4 is 11.7 Å². The average Bonchev–Trinajstić information content (AvgIpc) is 2.02. The van der Waals surface area contributed by atoms with E-state index in [9.17, 15) is 0 Å². The molecule has 0 spiro atoms. The summed E-state index contributed by atoms with van der Waals surface area (Å²) in [6, 6.07) is 0.485. The van der Waals surface area contributed by atoms with Gasteiger partial charge in [-0.05, 0) is 27.7 Å². The molecule has 0 saturated heterocycles. The van der Waals surface area contributed by atoms with E-state index < -0.39 is 0 Å². The van der Waals surface area contributed by atoms with E-state index in [2.05, 4.69) is 28.7 Å². The Morgan fingerprint density at radius 3 is 2.08 bits per heavy atom. The summed E-state index contributed by atoms with van der Waals surface area (Å²) >= 11 is 0. The van der Waals surface area contributed by atoms with E-state index in [1.165, 1.54) is 0 Å². The molecule has 0 aliphatic heterocycles. The molecular formula is C9H19N3. The predicted octanol–water partition coefficient (Wildman–Crippen LogP) is 1.79. The van der Waals surface area contributed by atoms with Crippen molar-refractivity contribution < 1.29 is 0 Å². The lowest BCUT2D eigenvalue weighted by atomic mass is 10.3. The van der Waals surface area contributed by atoms with Gasteiger partial charge in [-0.3, -0.25) is 4.99 Å². The third-order valence-corrected chi connectivity index (χ3v) is 1.93. The smallest absolute Gasteiger partial charge is 0.121 e. The minimum absolute atomic E-state index is 0.485. The SMILES string of the molecule is C/N=C(C)\N=C(/C)N(C)C(C)C. The summed E-state index contributed by atoms with van der Waals surface area (Å²) in [6.45, 7) is 8.17. The van der Waals surface area contributed by atoms with Crippen LogP contribution in [0.3, 0.4) is 0 Å². The summed E-state index contributed by atoms with van der Waals surface area (Å²) in [5.41, 5.74) is 0. The summed E-state index contributed by atoms with van der Waals surface area (Å²) in [5.74, 6) is 1.83. The Bertz CT molecular complexity index is 192. The van der Waals surface area contributed by atoms with Crippen molar-refractivity contribution in [3.05, 3.63) is 0 Å². The maximum absolute atomic E-state index is 4.31. The molecule has 0 heterocycles. The van der Waals surface area contributed by atoms with Gasteiger partial charge in [0.1, 0.15) is 11.7 Å². The lowest BCUT2D eigenvalue weighted by Crippen LogP contribution is -2.31. The molecule has 0 fully saturated rings. The Morgan fingerprint density at radius 2 is 1.75 bits per heavy atom. The molecule has 0 saturated carbocycles. The zero-order valence-corrected chi connectivity index (χ0v) is 8.92. The Balaban J connectivity index is 4.37. The molecule has 0 radical (unpaired) electrons. The maximum Gasteiger partial charge on any atom is 0.121 e. The normalized spacial score (nSPS) is 13.9. The van der Waals surface area contributed by atoms with Crippen molar-refractivity contribution in [2.45, 2.75) is 33.7 Å². The van der Waals surface area contributed by atoms with Crippen LogP contribution in [0.15, 0.2) is 9.98 Å². The van der Waals surface area contributed by atoms with Gasteiger partial charge in [0.2, 0.25) is 0 Å². The third-order valence-electron chi connectivity index (χ3n) is 1.93. The standard InChI is InChI=1S/C9H19N3/c1-7(2)12(6)9(4)11-8(3)10-5/h7H,1-6H3/b10-8-,11-9+. The Kier molecular flexibility index (Phi) is 4.55. The van der Waals surface area contributed by atoms with Crippen LogP contribution < -0.4 is 0 Å². The fraction of sp³-hybridized carbons (Fsp3) is 0.778. The summed E-state index contributed by atoms with van der Waals surface area (Å²) in [5, 5.41) is 0. The molecule has 3 nitrogen and oxygen atoms in total. The summed E-state index contributed by atoms with van der Waals surface area (Å²) in [7, 11) is 3.79. The number of amidine groups is 2. The van der Waals surface area contributed by atoms with E-state index >= 15 is 0 Å². The Hall–Kier alpha value is -0.860. The van der Waals surface area contributed by atoms with Gasteiger partial charge in [0, 0.05) is 20.1 Å².